The summed E-state index contributed by atoms with van der Waals surface area (Å²) in [6.07, 6.45) is 5.87. The van der Waals surface area contributed by atoms with E-state index in [2.05, 4.69) is 0 Å². The number of hydrogen-bond donors (Lipinski definition) is 0. The molecule has 0 radical (unpaired) electrons. The van der Waals surface area contributed by atoms with Crippen LogP contribution < -0.4 is 5.63 Å². The summed E-state index contributed by atoms with van der Waals surface area (Å²) in [4.78, 5) is 12.0. The fraction of sp³-hybridized carbons (Fsp3) is 0.167. The van der Waals surface area contributed by atoms with Gasteiger partial charge in [0.15, 0.2) is 0 Å². The van der Waals surface area contributed by atoms with Crippen LogP contribution in [0, 0.1) is 22.7 Å². The molecule has 1 atom stereocenters. The number of nitrogens with zero attached hydrogens (tertiary/aromatic N) is 2. The van der Waals surface area contributed by atoms with Gasteiger partial charge in [0.05, 0.1) is 5.56 Å². The van der Waals surface area contributed by atoms with E-state index < -0.39 is 16.4 Å². The quantitative estimate of drug-likeness (QED) is 0.589. The summed E-state index contributed by atoms with van der Waals surface area (Å²) < 4.78 is 17.3. The molecule has 0 saturated heterocycles. The lowest BCUT2D eigenvalue weighted by molar-refractivity contribution is 0.559. The molecule has 0 spiro atoms. The zero-order valence-electron chi connectivity index (χ0n) is 12.6. The monoisotopic (exact) mass is 336 g/mol. The van der Waals surface area contributed by atoms with Crippen LogP contribution in [0.5, 0.6) is 0 Å². The molecule has 118 valence electrons. The molecule has 2 heterocycles. The zero-order chi connectivity index (χ0) is 17.1. The molecule has 1 aliphatic heterocycles. The second kappa shape index (κ2) is 6.66. The molecule has 1 aromatic carbocycles. The lowest BCUT2D eigenvalue weighted by Crippen LogP contribution is -2.06. The normalized spacial score (nSPS) is 17.7. The van der Waals surface area contributed by atoms with Crippen molar-refractivity contribution in [3.8, 4) is 12.1 Å². The Labute approximate surface area is 140 Å². The Bertz CT molecular complexity index is 1030. The Morgan fingerprint density at radius 2 is 2.04 bits per heavy atom. The van der Waals surface area contributed by atoms with Gasteiger partial charge in [-0.25, -0.2) is 4.79 Å². The van der Waals surface area contributed by atoms with E-state index >= 15 is 0 Å². The van der Waals surface area contributed by atoms with Crippen LogP contribution in [0.3, 0.4) is 0 Å². The van der Waals surface area contributed by atoms with Crippen LogP contribution in [-0.4, -0.2) is 9.96 Å². The lowest BCUT2D eigenvalue weighted by atomic mass is 10.0. The van der Waals surface area contributed by atoms with E-state index in [1.54, 1.807) is 24.3 Å². The Hall–Kier alpha value is -2.96. The van der Waals surface area contributed by atoms with Crippen molar-refractivity contribution in [1.82, 2.24) is 0 Å². The molecule has 0 fully saturated rings. The highest BCUT2D eigenvalue weighted by molar-refractivity contribution is 7.84. The van der Waals surface area contributed by atoms with Crippen molar-refractivity contribution < 1.29 is 8.63 Å². The van der Waals surface area contributed by atoms with Crippen molar-refractivity contribution in [2.45, 2.75) is 12.2 Å². The van der Waals surface area contributed by atoms with Gasteiger partial charge in [-0.3, -0.25) is 4.21 Å². The minimum absolute atomic E-state index is 0.142. The molecule has 6 heteroatoms. The van der Waals surface area contributed by atoms with Gasteiger partial charge in [-0.05, 0) is 41.8 Å². The average Bonchev–Trinajstić information content (AvgIpc) is 2.55. The van der Waals surface area contributed by atoms with Gasteiger partial charge in [0, 0.05) is 27.7 Å². The van der Waals surface area contributed by atoms with Gasteiger partial charge in [0.2, 0.25) is 0 Å². The third-order valence-electron chi connectivity index (χ3n) is 3.69. The molecule has 0 bridgehead atoms. The Morgan fingerprint density at radius 1 is 1.25 bits per heavy atom. The maximum Gasteiger partial charge on any atom is 0.343 e. The molecule has 24 heavy (non-hydrogen) atoms. The number of nitriles is 2. The van der Waals surface area contributed by atoms with Crippen molar-refractivity contribution in [2.24, 2.45) is 0 Å². The summed E-state index contributed by atoms with van der Waals surface area (Å²) in [7, 11) is -0.936. The number of rotatable bonds is 1. The van der Waals surface area contributed by atoms with E-state index in [1.807, 2.05) is 18.2 Å². The molecule has 0 aliphatic carbocycles. The minimum Gasteiger partial charge on any atom is -0.422 e. The van der Waals surface area contributed by atoms with Gasteiger partial charge in [-0.15, -0.1) is 0 Å². The number of hydrogen-bond acceptors (Lipinski definition) is 5. The van der Waals surface area contributed by atoms with Crippen LogP contribution in [0.25, 0.3) is 23.1 Å². The zero-order valence-corrected chi connectivity index (χ0v) is 13.4. The Kier molecular flexibility index (Phi) is 4.41. The molecule has 5 nitrogen and oxygen atoms in total. The topological polar surface area (TPSA) is 94.9 Å². The van der Waals surface area contributed by atoms with E-state index in [-0.39, 0.29) is 11.1 Å². The number of benzene rings is 1. The van der Waals surface area contributed by atoms with E-state index in [0.717, 1.165) is 17.5 Å². The fourth-order valence-electron chi connectivity index (χ4n) is 2.53. The second-order valence-electron chi connectivity index (χ2n) is 5.34. The smallest absolute Gasteiger partial charge is 0.343 e. The van der Waals surface area contributed by atoms with Crippen molar-refractivity contribution in [3.05, 3.63) is 57.0 Å². The second-order valence-corrected chi connectivity index (χ2v) is 6.92. The molecule has 1 unspecified atom stereocenters. The Balaban J connectivity index is 2.21. The molecule has 2 aromatic rings. The summed E-state index contributed by atoms with van der Waals surface area (Å²) in [5.41, 5.74) is 1.59. The van der Waals surface area contributed by atoms with Crippen molar-refractivity contribution >= 4 is 33.9 Å². The Morgan fingerprint density at radius 3 is 2.79 bits per heavy atom. The lowest BCUT2D eigenvalue weighted by Gasteiger charge is -2.11. The summed E-state index contributed by atoms with van der Waals surface area (Å²) >= 11 is 0. The third kappa shape index (κ3) is 3.19. The van der Waals surface area contributed by atoms with Crippen LogP contribution >= 0.6 is 0 Å². The van der Waals surface area contributed by atoms with E-state index in [0.29, 0.717) is 22.5 Å². The standard InChI is InChI=1S/C18H12N2O3S/c19-9-12(10-20)5-15-6-14-7-16-11-24(22)4-2-1-3-13(16)8-17(14)23-18(15)21/h1,3,5-8H,2,4,11H2/b3-1-. The van der Waals surface area contributed by atoms with E-state index in [4.69, 9.17) is 14.9 Å². The number of allylic oxidation sites excluding steroid dienone is 2. The first-order valence-electron chi connectivity index (χ1n) is 7.25. The first-order chi connectivity index (χ1) is 11.6. The highest BCUT2D eigenvalue weighted by atomic mass is 32.2. The molecule has 0 N–H and O–H groups in total. The van der Waals surface area contributed by atoms with Gasteiger partial charge in [-0.2, -0.15) is 10.5 Å². The predicted octanol–water partition coefficient (Wildman–Crippen LogP) is 2.89. The maximum absolute atomic E-state index is 12.0. The number of fused-ring (bicyclic) bond motifs is 2. The highest BCUT2D eigenvalue weighted by Crippen LogP contribution is 2.24. The van der Waals surface area contributed by atoms with Crippen LogP contribution in [0.15, 0.2) is 39.1 Å². The largest absolute Gasteiger partial charge is 0.422 e. The van der Waals surface area contributed by atoms with E-state index in [1.165, 1.54) is 6.08 Å². The van der Waals surface area contributed by atoms with Crippen LogP contribution in [0.2, 0.25) is 0 Å². The van der Waals surface area contributed by atoms with Crippen molar-refractivity contribution in [3.63, 3.8) is 0 Å². The molecule has 1 aliphatic rings. The SMILES string of the molecule is N#CC(C#N)=Cc1cc2cc3c(cc2oc1=O)/C=C\CCS(=O)C3. The summed E-state index contributed by atoms with van der Waals surface area (Å²) in [5.74, 6) is 1.07. The van der Waals surface area contributed by atoms with Crippen molar-refractivity contribution in [1.29, 1.82) is 10.5 Å². The molecule has 0 saturated carbocycles. The minimum atomic E-state index is -0.936. The van der Waals surface area contributed by atoms with E-state index in [9.17, 15) is 9.00 Å². The molecule has 0 amide bonds. The molecule has 3 rings (SSSR count). The highest BCUT2D eigenvalue weighted by Gasteiger charge is 2.12. The first kappa shape index (κ1) is 15.9. The van der Waals surface area contributed by atoms with Gasteiger partial charge in [-0.1, -0.05) is 12.2 Å². The summed E-state index contributed by atoms with van der Waals surface area (Å²) in [6, 6.07) is 8.62. The molecule has 1 aromatic heterocycles. The van der Waals surface area contributed by atoms with Crippen LogP contribution in [0.4, 0.5) is 0 Å². The average molecular weight is 336 g/mol. The summed E-state index contributed by atoms with van der Waals surface area (Å²) in [5, 5.41) is 18.3. The molecular weight excluding hydrogens is 324 g/mol. The van der Waals surface area contributed by atoms with Crippen LogP contribution in [-0.2, 0) is 16.6 Å². The maximum atomic E-state index is 12.0. The van der Waals surface area contributed by atoms with Gasteiger partial charge >= 0.3 is 5.63 Å². The first-order valence-corrected chi connectivity index (χ1v) is 8.73. The van der Waals surface area contributed by atoms with Crippen LogP contribution in [0.1, 0.15) is 23.1 Å². The third-order valence-corrected chi connectivity index (χ3v) is 5.01. The van der Waals surface area contributed by atoms with Gasteiger partial charge < -0.3 is 4.42 Å². The van der Waals surface area contributed by atoms with Gasteiger partial charge in [0.1, 0.15) is 23.3 Å². The van der Waals surface area contributed by atoms with Crippen molar-refractivity contribution in [2.75, 3.05) is 5.75 Å². The summed E-state index contributed by atoms with van der Waals surface area (Å²) in [6.45, 7) is 0. The molecular formula is C18H12N2O3S. The van der Waals surface area contributed by atoms with Gasteiger partial charge in [0.25, 0.3) is 0 Å². The predicted molar refractivity (Wildman–Crippen MR) is 92.1 cm³/mol. The fourth-order valence-corrected chi connectivity index (χ4v) is 3.67.